The Kier molecular flexibility index (Phi) is 4.03. The molecule has 6 nitrogen and oxygen atoms in total. The first-order chi connectivity index (χ1) is 8.66. The van der Waals surface area contributed by atoms with E-state index in [1.807, 2.05) is 28.7 Å². The van der Waals surface area contributed by atoms with Gasteiger partial charge in [0.15, 0.2) is 0 Å². The van der Waals surface area contributed by atoms with Gasteiger partial charge in [0.25, 0.3) is 5.69 Å². The third kappa shape index (κ3) is 3.13. The summed E-state index contributed by atoms with van der Waals surface area (Å²) in [7, 11) is 0. The summed E-state index contributed by atoms with van der Waals surface area (Å²) in [6.07, 6.45) is 1.58. The highest BCUT2D eigenvalue weighted by atomic mass is 127. The molecule has 0 fully saturated rings. The lowest BCUT2D eigenvalue weighted by atomic mass is 10.2. The molecule has 1 N–H and O–H groups in total. The molecule has 2 aromatic rings. The highest BCUT2D eigenvalue weighted by Crippen LogP contribution is 2.26. The molecule has 7 heteroatoms. The van der Waals surface area contributed by atoms with Crippen LogP contribution in [0.1, 0.15) is 5.69 Å². The lowest BCUT2D eigenvalue weighted by Gasteiger charge is -2.06. The molecule has 1 aromatic heterocycles. The summed E-state index contributed by atoms with van der Waals surface area (Å²) in [6, 6.07) is 8.60. The summed E-state index contributed by atoms with van der Waals surface area (Å²) >= 11 is 2.04. The molecule has 0 spiro atoms. The summed E-state index contributed by atoms with van der Waals surface area (Å²) in [5, 5.41) is 21.6. The fourth-order valence-corrected chi connectivity index (χ4v) is 1.89. The van der Waals surface area contributed by atoms with Crippen LogP contribution in [0.5, 0.6) is 0 Å². The van der Waals surface area contributed by atoms with E-state index < -0.39 is 4.92 Å². The first-order valence-electron chi connectivity index (χ1n) is 5.11. The Labute approximate surface area is 117 Å². The second kappa shape index (κ2) is 5.71. The average Bonchev–Trinajstić information content (AvgIpc) is 2.38. The molecule has 0 bridgehead atoms. The molecule has 0 aliphatic heterocycles. The maximum absolute atomic E-state index is 10.9. The van der Waals surface area contributed by atoms with E-state index in [-0.39, 0.29) is 5.69 Å². The third-order valence-electron chi connectivity index (χ3n) is 2.24. The van der Waals surface area contributed by atoms with Crippen LogP contribution in [-0.4, -0.2) is 15.1 Å². The van der Waals surface area contributed by atoms with Crippen LogP contribution in [0.3, 0.4) is 0 Å². The van der Waals surface area contributed by atoms with Crippen molar-refractivity contribution < 1.29 is 4.92 Å². The summed E-state index contributed by atoms with van der Waals surface area (Å²) in [5.74, 6) is 0. The van der Waals surface area contributed by atoms with Gasteiger partial charge in [-0.3, -0.25) is 10.1 Å². The predicted molar refractivity (Wildman–Crippen MR) is 75.2 cm³/mol. The van der Waals surface area contributed by atoms with Crippen molar-refractivity contribution in [3.8, 4) is 0 Å². The Bertz CT molecular complexity index is 562. The van der Waals surface area contributed by atoms with Gasteiger partial charge in [0, 0.05) is 15.8 Å². The molecule has 0 aliphatic rings. The number of nitro groups is 1. The van der Waals surface area contributed by atoms with E-state index in [4.69, 9.17) is 0 Å². The molecule has 92 valence electrons. The number of benzene rings is 1. The van der Waals surface area contributed by atoms with Crippen LogP contribution in [0.25, 0.3) is 0 Å². The van der Waals surface area contributed by atoms with Crippen molar-refractivity contribution in [2.45, 2.75) is 6.54 Å². The van der Waals surface area contributed by atoms with Crippen molar-refractivity contribution in [2.24, 2.45) is 0 Å². The lowest BCUT2D eigenvalue weighted by molar-refractivity contribution is -0.384. The van der Waals surface area contributed by atoms with Crippen molar-refractivity contribution >= 4 is 34.0 Å². The van der Waals surface area contributed by atoms with Gasteiger partial charge in [0.1, 0.15) is 5.69 Å². The standard InChI is InChI=1S/C11H9IN4O2/c12-8-3-4-10(11(6-8)16(17)18)13-7-9-2-1-5-14-15-9/h1-6,13H,7H2. The van der Waals surface area contributed by atoms with Gasteiger partial charge < -0.3 is 5.32 Å². The molecule has 0 saturated heterocycles. The van der Waals surface area contributed by atoms with Crippen LogP contribution in [0.4, 0.5) is 11.4 Å². The number of nitro benzene ring substituents is 1. The second-order valence-electron chi connectivity index (χ2n) is 3.49. The predicted octanol–water partition coefficient (Wildman–Crippen LogP) is 2.60. The molecule has 0 radical (unpaired) electrons. The minimum absolute atomic E-state index is 0.0609. The maximum atomic E-state index is 10.9. The van der Waals surface area contributed by atoms with Gasteiger partial charge in [-0.2, -0.15) is 10.2 Å². The molecule has 0 aliphatic carbocycles. The molecule has 0 atom stereocenters. The zero-order valence-electron chi connectivity index (χ0n) is 9.21. The number of hydrogen-bond donors (Lipinski definition) is 1. The van der Waals surface area contributed by atoms with Gasteiger partial charge >= 0.3 is 0 Å². The van der Waals surface area contributed by atoms with Crippen LogP contribution >= 0.6 is 22.6 Å². The van der Waals surface area contributed by atoms with Crippen molar-refractivity contribution in [3.05, 3.63) is 55.9 Å². The highest BCUT2D eigenvalue weighted by molar-refractivity contribution is 14.1. The Morgan fingerprint density at radius 2 is 2.22 bits per heavy atom. The Morgan fingerprint density at radius 1 is 1.39 bits per heavy atom. The fourth-order valence-electron chi connectivity index (χ4n) is 1.42. The van der Waals surface area contributed by atoms with Crippen LogP contribution in [-0.2, 0) is 6.54 Å². The van der Waals surface area contributed by atoms with Crippen molar-refractivity contribution in [2.75, 3.05) is 5.32 Å². The van der Waals surface area contributed by atoms with Gasteiger partial charge in [-0.1, -0.05) is 0 Å². The Balaban J connectivity index is 2.17. The molecule has 18 heavy (non-hydrogen) atoms. The van der Waals surface area contributed by atoms with Crippen LogP contribution in [0.2, 0.25) is 0 Å². The topological polar surface area (TPSA) is 81.0 Å². The lowest BCUT2D eigenvalue weighted by Crippen LogP contribution is -2.04. The summed E-state index contributed by atoms with van der Waals surface area (Å²) < 4.78 is 0.823. The number of anilines is 1. The van der Waals surface area contributed by atoms with E-state index in [2.05, 4.69) is 15.5 Å². The largest absolute Gasteiger partial charge is 0.374 e. The quantitative estimate of drug-likeness (QED) is 0.518. The first kappa shape index (κ1) is 12.7. The summed E-state index contributed by atoms with van der Waals surface area (Å²) in [5.41, 5.74) is 1.27. The number of rotatable bonds is 4. The molecule has 2 rings (SSSR count). The molecule has 0 amide bonds. The van der Waals surface area contributed by atoms with E-state index >= 15 is 0 Å². The third-order valence-corrected chi connectivity index (χ3v) is 2.91. The average molecular weight is 356 g/mol. The van der Waals surface area contributed by atoms with Gasteiger partial charge in [-0.05, 0) is 46.9 Å². The van der Waals surface area contributed by atoms with Crippen molar-refractivity contribution in [1.82, 2.24) is 10.2 Å². The monoisotopic (exact) mass is 356 g/mol. The van der Waals surface area contributed by atoms with E-state index in [9.17, 15) is 10.1 Å². The Morgan fingerprint density at radius 3 is 2.89 bits per heavy atom. The van der Waals surface area contributed by atoms with Crippen molar-refractivity contribution in [3.63, 3.8) is 0 Å². The molecular formula is C11H9IN4O2. The van der Waals surface area contributed by atoms with Crippen LogP contribution < -0.4 is 5.32 Å². The zero-order chi connectivity index (χ0) is 13.0. The number of nitrogens with one attached hydrogen (secondary N) is 1. The van der Waals surface area contributed by atoms with Gasteiger partial charge in [0.05, 0.1) is 17.2 Å². The number of hydrogen-bond acceptors (Lipinski definition) is 5. The zero-order valence-corrected chi connectivity index (χ0v) is 11.4. The minimum atomic E-state index is -0.402. The van der Waals surface area contributed by atoms with Gasteiger partial charge in [0.2, 0.25) is 0 Å². The molecule has 0 unspecified atom stereocenters. The maximum Gasteiger partial charge on any atom is 0.293 e. The SMILES string of the molecule is O=[N+]([O-])c1cc(I)ccc1NCc1cccnn1. The van der Waals surface area contributed by atoms with Crippen LogP contribution in [0.15, 0.2) is 36.5 Å². The molecule has 1 heterocycles. The number of aromatic nitrogens is 2. The van der Waals surface area contributed by atoms with Gasteiger partial charge in [-0.15, -0.1) is 0 Å². The van der Waals surface area contributed by atoms with E-state index in [1.165, 1.54) is 6.07 Å². The Hall–Kier alpha value is -1.77. The smallest absolute Gasteiger partial charge is 0.293 e. The number of nitrogens with zero attached hydrogens (tertiary/aromatic N) is 3. The minimum Gasteiger partial charge on any atom is -0.374 e. The summed E-state index contributed by atoms with van der Waals surface area (Å²) in [6.45, 7) is 0.398. The van der Waals surface area contributed by atoms with Crippen LogP contribution in [0, 0.1) is 13.7 Å². The second-order valence-corrected chi connectivity index (χ2v) is 4.73. The first-order valence-corrected chi connectivity index (χ1v) is 6.19. The highest BCUT2D eigenvalue weighted by Gasteiger charge is 2.13. The molecule has 1 aromatic carbocycles. The normalized spacial score (nSPS) is 10.1. The summed E-state index contributed by atoms with van der Waals surface area (Å²) in [4.78, 5) is 10.5. The molecule has 0 saturated carbocycles. The van der Waals surface area contributed by atoms with E-state index in [1.54, 1.807) is 24.4 Å². The fraction of sp³-hybridized carbons (Fsp3) is 0.0909. The van der Waals surface area contributed by atoms with Crippen molar-refractivity contribution in [1.29, 1.82) is 0 Å². The molecular weight excluding hydrogens is 347 g/mol. The van der Waals surface area contributed by atoms with E-state index in [0.717, 1.165) is 9.26 Å². The van der Waals surface area contributed by atoms with E-state index in [0.29, 0.717) is 12.2 Å². The van der Waals surface area contributed by atoms with Gasteiger partial charge in [-0.25, -0.2) is 0 Å². The number of halogens is 1.